The molecule has 0 radical (unpaired) electrons. The second kappa shape index (κ2) is 6.10. The summed E-state index contributed by atoms with van der Waals surface area (Å²) in [6.45, 7) is 4.04. The summed E-state index contributed by atoms with van der Waals surface area (Å²) >= 11 is 2.96. The van der Waals surface area contributed by atoms with E-state index in [1.807, 2.05) is 14.0 Å². The minimum atomic E-state index is 0.808. The van der Waals surface area contributed by atoms with Crippen molar-refractivity contribution in [2.45, 2.75) is 36.1 Å². The molecule has 0 aliphatic carbocycles. The van der Waals surface area contributed by atoms with Crippen LogP contribution in [0.3, 0.4) is 0 Å². The van der Waals surface area contributed by atoms with E-state index in [1.54, 1.807) is 18.1 Å². The number of nitrogens with one attached hydrogen (secondary N) is 1. The van der Waals surface area contributed by atoms with Crippen molar-refractivity contribution >= 4 is 29.1 Å². The Morgan fingerprint density at radius 2 is 2.22 bits per heavy atom. The van der Waals surface area contributed by atoms with Crippen LogP contribution in [-0.2, 0) is 6.42 Å². The first kappa shape index (κ1) is 13.2. The van der Waals surface area contributed by atoms with Crippen LogP contribution in [0, 0.1) is 6.92 Å². The van der Waals surface area contributed by atoms with Gasteiger partial charge in [0.15, 0.2) is 4.34 Å². The third-order valence-corrected chi connectivity index (χ3v) is 4.22. The Kier molecular flexibility index (Phi) is 4.48. The molecule has 7 heteroatoms. The molecule has 0 saturated carbocycles. The van der Waals surface area contributed by atoms with Crippen LogP contribution in [0.1, 0.15) is 24.7 Å². The molecule has 0 saturated heterocycles. The van der Waals surface area contributed by atoms with Gasteiger partial charge in [-0.2, -0.15) is 4.37 Å². The number of anilines is 1. The highest BCUT2D eigenvalue weighted by molar-refractivity contribution is 8.00. The highest BCUT2D eigenvalue weighted by atomic mass is 32.2. The molecule has 0 aliphatic heterocycles. The molecule has 2 rings (SSSR count). The van der Waals surface area contributed by atoms with E-state index in [-0.39, 0.29) is 0 Å². The zero-order chi connectivity index (χ0) is 13.0. The van der Waals surface area contributed by atoms with Gasteiger partial charge in [0.05, 0.1) is 0 Å². The first-order chi connectivity index (χ1) is 8.74. The van der Waals surface area contributed by atoms with Crippen LogP contribution in [0.4, 0.5) is 5.82 Å². The van der Waals surface area contributed by atoms with E-state index in [4.69, 9.17) is 0 Å². The lowest BCUT2D eigenvalue weighted by Crippen LogP contribution is -2.02. The molecule has 1 N–H and O–H groups in total. The van der Waals surface area contributed by atoms with Crippen molar-refractivity contribution in [3.8, 4) is 0 Å². The number of aryl methyl sites for hydroxylation is 1. The summed E-state index contributed by atoms with van der Waals surface area (Å²) in [6.07, 6.45) is 3.60. The fraction of sp³-hybridized carbons (Fsp3) is 0.455. The van der Waals surface area contributed by atoms with E-state index >= 15 is 0 Å². The Morgan fingerprint density at radius 1 is 1.39 bits per heavy atom. The largest absolute Gasteiger partial charge is 0.373 e. The number of hydrogen-bond acceptors (Lipinski definition) is 7. The maximum atomic E-state index is 4.36. The van der Waals surface area contributed by atoms with E-state index in [0.717, 1.165) is 39.4 Å². The van der Waals surface area contributed by atoms with Crippen molar-refractivity contribution in [3.05, 3.63) is 17.7 Å². The molecular weight excluding hydrogens is 266 g/mol. The smallest absolute Gasteiger partial charge is 0.176 e. The average molecular weight is 281 g/mol. The lowest BCUT2D eigenvalue weighted by molar-refractivity contribution is 0.858. The van der Waals surface area contributed by atoms with E-state index < -0.39 is 0 Å². The van der Waals surface area contributed by atoms with Gasteiger partial charge in [0, 0.05) is 12.6 Å². The molecule has 0 aliphatic rings. The highest BCUT2D eigenvalue weighted by Gasteiger charge is 2.13. The lowest BCUT2D eigenvalue weighted by atomic mass is 10.2. The maximum Gasteiger partial charge on any atom is 0.176 e. The van der Waals surface area contributed by atoms with Crippen LogP contribution in [0.5, 0.6) is 0 Å². The maximum absolute atomic E-state index is 4.36. The predicted molar refractivity (Wildman–Crippen MR) is 74.3 cm³/mol. The Bertz CT molecular complexity index is 526. The summed E-state index contributed by atoms with van der Waals surface area (Å²) in [4.78, 5) is 13.0. The third-order valence-electron chi connectivity index (χ3n) is 2.34. The summed E-state index contributed by atoms with van der Waals surface area (Å²) in [5, 5.41) is 4.08. The van der Waals surface area contributed by atoms with Crippen molar-refractivity contribution in [2.75, 3.05) is 12.4 Å². The minimum Gasteiger partial charge on any atom is -0.373 e. The van der Waals surface area contributed by atoms with Gasteiger partial charge >= 0.3 is 0 Å². The zero-order valence-electron chi connectivity index (χ0n) is 10.6. The molecule has 0 unspecified atom stereocenters. The van der Waals surface area contributed by atoms with E-state index in [0.29, 0.717) is 0 Å². The zero-order valence-corrected chi connectivity index (χ0v) is 12.2. The Morgan fingerprint density at radius 3 is 2.83 bits per heavy atom. The molecule has 0 fully saturated rings. The van der Waals surface area contributed by atoms with Crippen LogP contribution >= 0.6 is 23.3 Å². The molecule has 0 spiro atoms. The molecular formula is C11H15N5S2. The van der Waals surface area contributed by atoms with Gasteiger partial charge in [-0.25, -0.2) is 15.0 Å². The van der Waals surface area contributed by atoms with Crippen molar-refractivity contribution < 1.29 is 0 Å². The first-order valence-corrected chi connectivity index (χ1v) is 7.33. The Hall–Kier alpha value is -1.21. The van der Waals surface area contributed by atoms with Crippen molar-refractivity contribution in [1.29, 1.82) is 0 Å². The minimum absolute atomic E-state index is 0.808. The van der Waals surface area contributed by atoms with E-state index in [2.05, 4.69) is 31.6 Å². The average Bonchev–Trinajstić information content (AvgIpc) is 2.77. The van der Waals surface area contributed by atoms with Crippen LogP contribution in [0.15, 0.2) is 15.7 Å². The summed E-state index contributed by atoms with van der Waals surface area (Å²) < 4.78 is 5.10. The summed E-state index contributed by atoms with van der Waals surface area (Å²) in [5.74, 6) is 1.71. The second-order valence-electron chi connectivity index (χ2n) is 3.72. The summed E-state index contributed by atoms with van der Waals surface area (Å²) in [7, 11) is 1.88. The van der Waals surface area contributed by atoms with Crippen molar-refractivity contribution in [2.24, 2.45) is 0 Å². The molecule has 2 aromatic heterocycles. The molecule has 18 heavy (non-hydrogen) atoms. The van der Waals surface area contributed by atoms with Crippen molar-refractivity contribution in [3.63, 3.8) is 0 Å². The fourth-order valence-electron chi connectivity index (χ4n) is 1.58. The van der Waals surface area contributed by atoms with E-state index in [1.165, 1.54) is 11.5 Å². The van der Waals surface area contributed by atoms with Gasteiger partial charge in [0.2, 0.25) is 0 Å². The monoisotopic (exact) mass is 281 g/mol. The summed E-state index contributed by atoms with van der Waals surface area (Å²) in [5.41, 5.74) is 1.15. The molecule has 0 aromatic carbocycles. The van der Waals surface area contributed by atoms with Gasteiger partial charge in [-0.05, 0) is 36.6 Å². The number of aromatic nitrogens is 4. The first-order valence-electron chi connectivity index (χ1n) is 5.74. The van der Waals surface area contributed by atoms with Crippen LogP contribution in [0.25, 0.3) is 0 Å². The fourth-order valence-corrected chi connectivity index (χ4v) is 3.26. The van der Waals surface area contributed by atoms with Crippen LogP contribution in [-0.4, -0.2) is 26.4 Å². The standard InChI is InChI=1S/C11H15N5S2/c1-4-5-8-9(12-3)13-6-14-10(8)17-11-15-7(2)16-18-11/h6H,4-5H2,1-3H3,(H,12,13,14). The molecule has 96 valence electrons. The van der Waals surface area contributed by atoms with Gasteiger partial charge in [-0.3, -0.25) is 0 Å². The Labute approximate surface area is 115 Å². The van der Waals surface area contributed by atoms with Gasteiger partial charge in [0.1, 0.15) is 23.0 Å². The number of nitrogens with zero attached hydrogens (tertiary/aromatic N) is 4. The van der Waals surface area contributed by atoms with Gasteiger partial charge < -0.3 is 5.32 Å². The second-order valence-corrected chi connectivity index (χ2v) is 5.70. The molecule has 2 heterocycles. The summed E-state index contributed by atoms with van der Waals surface area (Å²) in [6, 6.07) is 0. The molecule has 0 bridgehead atoms. The van der Waals surface area contributed by atoms with Gasteiger partial charge in [-0.1, -0.05) is 13.3 Å². The third kappa shape index (κ3) is 2.97. The van der Waals surface area contributed by atoms with Gasteiger partial charge in [0.25, 0.3) is 0 Å². The molecule has 0 atom stereocenters. The predicted octanol–water partition coefficient (Wildman–Crippen LogP) is 2.78. The normalized spacial score (nSPS) is 10.6. The lowest BCUT2D eigenvalue weighted by Gasteiger charge is -2.10. The number of hydrogen-bond donors (Lipinski definition) is 1. The number of rotatable bonds is 5. The van der Waals surface area contributed by atoms with Crippen LogP contribution in [0.2, 0.25) is 0 Å². The molecule has 2 aromatic rings. The highest BCUT2D eigenvalue weighted by Crippen LogP contribution is 2.32. The Balaban J connectivity index is 2.31. The van der Waals surface area contributed by atoms with E-state index in [9.17, 15) is 0 Å². The SMILES string of the molecule is CCCc1c(NC)ncnc1Sc1nc(C)ns1. The molecule has 5 nitrogen and oxygen atoms in total. The van der Waals surface area contributed by atoms with Gasteiger partial charge in [-0.15, -0.1) is 0 Å². The molecule has 0 amide bonds. The topological polar surface area (TPSA) is 63.6 Å². The quantitative estimate of drug-likeness (QED) is 0.850. The van der Waals surface area contributed by atoms with Crippen LogP contribution < -0.4 is 5.32 Å². The van der Waals surface area contributed by atoms with Crippen molar-refractivity contribution in [1.82, 2.24) is 19.3 Å².